The Kier molecular flexibility index (Phi) is 5.18. The minimum atomic E-state index is -3.33. The summed E-state index contributed by atoms with van der Waals surface area (Å²) in [6.07, 6.45) is 1.49. The number of nitrogens with one attached hydrogen (secondary N) is 1. The zero-order valence-electron chi connectivity index (χ0n) is 14.9. The maximum atomic E-state index is 12.5. The van der Waals surface area contributed by atoms with Crippen LogP contribution in [0.2, 0.25) is 0 Å². The fourth-order valence-electron chi connectivity index (χ4n) is 3.05. The number of ether oxygens (including phenoxy) is 1. The van der Waals surface area contributed by atoms with E-state index in [0.717, 1.165) is 12.0 Å². The molecule has 0 aliphatic carbocycles. The highest BCUT2D eigenvalue weighted by molar-refractivity contribution is 7.92. The standard InChI is InChI=1S/C19H22N2O4S/c1-14-7-3-4-8-16(14)19(22)20-15-9-10-17(18(13-15)25-2)21-11-5-6-12-26(21,23)24/h3-4,7-10,13H,5-6,11-12H2,1-2H3,(H,20,22). The first kappa shape index (κ1) is 18.3. The lowest BCUT2D eigenvalue weighted by atomic mass is 10.1. The fraction of sp³-hybridized carbons (Fsp3) is 0.316. The van der Waals surface area contributed by atoms with Crippen molar-refractivity contribution in [2.24, 2.45) is 0 Å². The van der Waals surface area contributed by atoms with Gasteiger partial charge in [-0.15, -0.1) is 0 Å². The molecule has 2 aromatic rings. The van der Waals surface area contributed by atoms with Gasteiger partial charge in [-0.25, -0.2) is 8.42 Å². The van der Waals surface area contributed by atoms with E-state index in [1.54, 1.807) is 24.3 Å². The zero-order valence-corrected chi connectivity index (χ0v) is 15.7. The van der Waals surface area contributed by atoms with Gasteiger partial charge in [-0.05, 0) is 43.5 Å². The Hall–Kier alpha value is -2.54. The lowest BCUT2D eigenvalue weighted by Crippen LogP contribution is -2.38. The molecule has 0 bridgehead atoms. The molecule has 26 heavy (non-hydrogen) atoms. The van der Waals surface area contributed by atoms with Crippen LogP contribution in [0.25, 0.3) is 0 Å². The van der Waals surface area contributed by atoms with E-state index in [-0.39, 0.29) is 11.7 Å². The average molecular weight is 374 g/mol. The van der Waals surface area contributed by atoms with Gasteiger partial charge in [0.05, 0.1) is 18.6 Å². The molecule has 1 N–H and O–H groups in total. The van der Waals surface area contributed by atoms with E-state index in [2.05, 4.69) is 5.32 Å². The number of anilines is 2. The maximum Gasteiger partial charge on any atom is 0.255 e. The van der Waals surface area contributed by atoms with Crippen molar-refractivity contribution in [2.45, 2.75) is 19.8 Å². The lowest BCUT2D eigenvalue weighted by Gasteiger charge is -2.29. The Morgan fingerprint density at radius 3 is 2.62 bits per heavy atom. The lowest BCUT2D eigenvalue weighted by molar-refractivity contribution is 0.102. The summed E-state index contributed by atoms with van der Waals surface area (Å²) in [5.74, 6) is 0.337. The molecule has 1 amide bonds. The minimum absolute atomic E-state index is 0.141. The van der Waals surface area contributed by atoms with E-state index in [0.29, 0.717) is 35.7 Å². The van der Waals surface area contributed by atoms with E-state index in [9.17, 15) is 13.2 Å². The highest BCUT2D eigenvalue weighted by Crippen LogP contribution is 2.35. The van der Waals surface area contributed by atoms with Crippen molar-refractivity contribution in [2.75, 3.05) is 29.0 Å². The highest BCUT2D eigenvalue weighted by atomic mass is 32.2. The summed E-state index contributed by atoms with van der Waals surface area (Å²) in [5.41, 5.74) is 2.52. The van der Waals surface area contributed by atoms with E-state index in [1.165, 1.54) is 11.4 Å². The molecule has 0 radical (unpaired) electrons. The van der Waals surface area contributed by atoms with Gasteiger partial charge in [-0.3, -0.25) is 9.10 Å². The molecule has 0 spiro atoms. The third-order valence-electron chi connectivity index (χ3n) is 4.45. The molecule has 1 fully saturated rings. The molecule has 0 saturated carbocycles. The smallest absolute Gasteiger partial charge is 0.255 e. The van der Waals surface area contributed by atoms with Crippen LogP contribution in [-0.4, -0.2) is 33.7 Å². The fourth-order valence-corrected chi connectivity index (χ4v) is 4.69. The third kappa shape index (κ3) is 3.67. The second-order valence-corrected chi connectivity index (χ2v) is 8.26. The second kappa shape index (κ2) is 7.37. The number of carbonyl (C=O) groups excluding carboxylic acids is 1. The number of rotatable bonds is 4. The predicted octanol–water partition coefficient (Wildman–Crippen LogP) is 3.19. The highest BCUT2D eigenvalue weighted by Gasteiger charge is 2.28. The topological polar surface area (TPSA) is 75.7 Å². The molecule has 7 heteroatoms. The van der Waals surface area contributed by atoms with Gasteiger partial charge in [0.25, 0.3) is 5.91 Å². The summed E-state index contributed by atoms with van der Waals surface area (Å²) in [5, 5.41) is 2.84. The van der Waals surface area contributed by atoms with E-state index in [4.69, 9.17) is 4.74 Å². The van der Waals surface area contributed by atoms with Gasteiger partial charge in [0.15, 0.2) is 0 Å². The van der Waals surface area contributed by atoms with Gasteiger partial charge in [0.2, 0.25) is 10.0 Å². The van der Waals surface area contributed by atoms with Gasteiger partial charge >= 0.3 is 0 Å². The van der Waals surface area contributed by atoms with E-state index < -0.39 is 10.0 Å². The minimum Gasteiger partial charge on any atom is -0.494 e. The molecule has 2 aromatic carbocycles. The molecule has 1 heterocycles. The first-order chi connectivity index (χ1) is 12.4. The predicted molar refractivity (Wildman–Crippen MR) is 102 cm³/mol. The van der Waals surface area contributed by atoms with Crippen molar-refractivity contribution >= 4 is 27.3 Å². The molecule has 6 nitrogen and oxygen atoms in total. The van der Waals surface area contributed by atoms with Crippen LogP contribution >= 0.6 is 0 Å². The van der Waals surface area contributed by atoms with Crippen LogP contribution in [-0.2, 0) is 10.0 Å². The maximum absolute atomic E-state index is 12.5. The number of carbonyl (C=O) groups is 1. The molecular weight excluding hydrogens is 352 g/mol. The van der Waals surface area contributed by atoms with Crippen LogP contribution < -0.4 is 14.4 Å². The third-order valence-corrected chi connectivity index (χ3v) is 6.30. The van der Waals surface area contributed by atoms with Crippen molar-refractivity contribution < 1.29 is 17.9 Å². The molecule has 0 unspecified atom stereocenters. The van der Waals surface area contributed by atoms with Gasteiger partial charge in [-0.2, -0.15) is 0 Å². The van der Waals surface area contributed by atoms with E-state index >= 15 is 0 Å². The van der Waals surface area contributed by atoms with Crippen molar-refractivity contribution in [1.29, 1.82) is 0 Å². The Balaban J connectivity index is 1.87. The normalized spacial score (nSPS) is 16.2. The molecule has 0 atom stereocenters. The van der Waals surface area contributed by atoms with Gasteiger partial charge in [-0.1, -0.05) is 18.2 Å². The Morgan fingerprint density at radius 2 is 1.92 bits per heavy atom. The number of hydrogen-bond acceptors (Lipinski definition) is 4. The van der Waals surface area contributed by atoms with Gasteiger partial charge in [0, 0.05) is 23.9 Å². The summed E-state index contributed by atoms with van der Waals surface area (Å²) in [4.78, 5) is 12.5. The van der Waals surface area contributed by atoms with Crippen molar-refractivity contribution in [3.63, 3.8) is 0 Å². The average Bonchev–Trinajstić information content (AvgIpc) is 2.62. The first-order valence-corrected chi connectivity index (χ1v) is 10.1. The van der Waals surface area contributed by atoms with Crippen LogP contribution in [0.4, 0.5) is 11.4 Å². The van der Waals surface area contributed by atoms with Crippen LogP contribution in [0.5, 0.6) is 5.75 Å². The van der Waals surface area contributed by atoms with Gasteiger partial charge < -0.3 is 10.1 Å². The summed E-state index contributed by atoms with van der Waals surface area (Å²) < 4.78 is 31.4. The number of benzene rings is 2. The molecule has 0 aromatic heterocycles. The molecule has 1 saturated heterocycles. The number of amides is 1. The molecule has 1 aliphatic rings. The van der Waals surface area contributed by atoms with Crippen LogP contribution in [0.1, 0.15) is 28.8 Å². The Morgan fingerprint density at radius 1 is 1.15 bits per heavy atom. The SMILES string of the molecule is COc1cc(NC(=O)c2ccccc2C)ccc1N1CCCCS1(=O)=O. The Labute approximate surface area is 153 Å². The Bertz CT molecular complexity index is 925. The first-order valence-electron chi connectivity index (χ1n) is 8.48. The summed E-state index contributed by atoms with van der Waals surface area (Å²) in [6.45, 7) is 2.31. The molecular formula is C19H22N2O4S. The van der Waals surface area contributed by atoms with Crippen LogP contribution in [0.15, 0.2) is 42.5 Å². The number of nitrogens with zero attached hydrogens (tertiary/aromatic N) is 1. The summed E-state index contributed by atoms with van der Waals surface area (Å²) in [6, 6.07) is 12.3. The largest absolute Gasteiger partial charge is 0.494 e. The molecule has 1 aliphatic heterocycles. The van der Waals surface area contributed by atoms with Gasteiger partial charge in [0.1, 0.15) is 5.75 Å². The summed E-state index contributed by atoms with van der Waals surface area (Å²) in [7, 11) is -1.84. The van der Waals surface area contributed by atoms with Crippen LogP contribution in [0.3, 0.4) is 0 Å². The van der Waals surface area contributed by atoms with E-state index in [1.807, 2.05) is 25.1 Å². The molecule has 138 valence electrons. The number of methoxy groups -OCH3 is 1. The van der Waals surface area contributed by atoms with Crippen molar-refractivity contribution in [1.82, 2.24) is 0 Å². The molecule has 3 rings (SSSR count). The van der Waals surface area contributed by atoms with Crippen LogP contribution in [0, 0.1) is 6.92 Å². The number of hydrogen-bond donors (Lipinski definition) is 1. The number of aryl methyl sites for hydroxylation is 1. The van der Waals surface area contributed by atoms with Crippen molar-refractivity contribution in [3.8, 4) is 5.75 Å². The monoisotopic (exact) mass is 374 g/mol. The summed E-state index contributed by atoms with van der Waals surface area (Å²) >= 11 is 0. The van der Waals surface area contributed by atoms with Crippen molar-refractivity contribution in [3.05, 3.63) is 53.6 Å². The number of sulfonamides is 1. The second-order valence-electron chi connectivity index (χ2n) is 6.25. The quantitative estimate of drug-likeness (QED) is 0.892. The zero-order chi connectivity index (χ0) is 18.7.